The summed E-state index contributed by atoms with van der Waals surface area (Å²) >= 11 is 0. The average Bonchev–Trinajstić information content (AvgIpc) is 2.21. The number of ether oxygens (including phenoxy) is 2. The van der Waals surface area contributed by atoms with Crippen LogP contribution in [0.4, 0.5) is 0 Å². The smallest absolute Gasteiger partial charge is 0.219 e. The molecule has 0 saturated carbocycles. The van der Waals surface area contributed by atoms with Gasteiger partial charge in [0.15, 0.2) is 0 Å². The third kappa shape index (κ3) is 9.69. The zero-order chi connectivity index (χ0) is 11.5. The fraction of sp³-hybridized carbons (Fsp3) is 0.909. The van der Waals surface area contributed by atoms with Crippen molar-refractivity contribution in [3.63, 3.8) is 0 Å². The van der Waals surface area contributed by atoms with Crippen LogP contribution < -0.4 is 0 Å². The molecule has 0 aromatic heterocycles. The van der Waals surface area contributed by atoms with Crippen molar-refractivity contribution in [3.8, 4) is 0 Å². The van der Waals surface area contributed by atoms with Crippen molar-refractivity contribution >= 4 is 5.91 Å². The minimum absolute atomic E-state index is 0.0674. The Morgan fingerprint density at radius 2 is 1.73 bits per heavy atom. The number of hydrogen-bond donors (Lipinski definition) is 0. The van der Waals surface area contributed by atoms with E-state index in [1.807, 2.05) is 0 Å². The number of likely N-dealkylation sites (N-methyl/N-ethyl adjacent to an activating group) is 1. The van der Waals surface area contributed by atoms with E-state index in [9.17, 15) is 4.79 Å². The van der Waals surface area contributed by atoms with E-state index in [-0.39, 0.29) is 5.91 Å². The number of carbonyl (C=O) groups excluding carboxylic acids is 1. The zero-order valence-electron chi connectivity index (χ0n) is 10.1. The summed E-state index contributed by atoms with van der Waals surface area (Å²) in [6.07, 6.45) is 2.26. The first-order valence-corrected chi connectivity index (χ1v) is 5.55. The highest BCUT2D eigenvalue weighted by Gasteiger charge is 2.00. The summed E-state index contributed by atoms with van der Waals surface area (Å²) in [6, 6.07) is 0. The summed E-state index contributed by atoms with van der Waals surface area (Å²) in [6.45, 7) is 6.97. The molecule has 4 nitrogen and oxygen atoms in total. The Morgan fingerprint density at radius 1 is 1.13 bits per heavy atom. The first-order valence-electron chi connectivity index (χ1n) is 5.55. The van der Waals surface area contributed by atoms with Crippen LogP contribution in [-0.4, -0.2) is 50.8 Å². The Hall–Kier alpha value is -0.610. The molecule has 0 aliphatic carbocycles. The van der Waals surface area contributed by atoms with Crippen molar-refractivity contribution in [1.29, 1.82) is 0 Å². The largest absolute Gasteiger partial charge is 0.379 e. The summed E-state index contributed by atoms with van der Waals surface area (Å²) in [7, 11) is 1.77. The van der Waals surface area contributed by atoms with Crippen molar-refractivity contribution in [2.24, 2.45) is 0 Å². The van der Waals surface area contributed by atoms with E-state index in [1.165, 1.54) is 0 Å². The van der Waals surface area contributed by atoms with Gasteiger partial charge in [-0.1, -0.05) is 13.3 Å². The number of carbonyl (C=O) groups is 1. The van der Waals surface area contributed by atoms with Gasteiger partial charge in [-0.05, 0) is 6.42 Å². The van der Waals surface area contributed by atoms with Crippen LogP contribution in [0.25, 0.3) is 0 Å². The highest BCUT2D eigenvalue weighted by atomic mass is 16.5. The predicted octanol–water partition coefficient (Wildman–Crippen LogP) is 1.30. The Bertz CT molecular complexity index is 162. The molecule has 0 aliphatic heterocycles. The lowest BCUT2D eigenvalue weighted by molar-refractivity contribution is -0.128. The molecule has 0 saturated heterocycles. The van der Waals surface area contributed by atoms with Crippen LogP contribution in [0, 0.1) is 0 Å². The molecule has 90 valence electrons. The van der Waals surface area contributed by atoms with Crippen LogP contribution in [0.5, 0.6) is 0 Å². The molecule has 0 aliphatic rings. The van der Waals surface area contributed by atoms with E-state index in [4.69, 9.17) is 9.47 Å². The number of unbranched alkanes of at least 4 members (excludes halogenated alkanes) is 1. The van der Waals surface area contributed by atoms with E-state index in [1.54, 1.807) is 18.9 Å². The fourth-order valence-corrected chi connectivity index (χ4v) is 0.927. The molecule has 0 aromatic carbocycles. The van der Waals surface area contributed by atoms with Gasteiger partial charge >= 0.3 is 0 Å². The number of hydrogen-bond acceptors (Lipinski definition) is 3. The Labute approximate surface area is 92.5 Å². The van der Waals surface area contributed by atoms with E-state index in [0.29, 0.717) is 26.4 Å². The first-order chi connectivity index (χ1) is 7.18. The SMILES string of the molecule is CCCCOCCOCCN(C)C(C)=O. The van der Waals surface area contributed by atoms with E-state index in [2.05, 4.69) is 6.92 Å². The van der Waals surface area contributed by atoms with Gasteiger partial charge in [0.25, 0.3) is 0 Å². The Balaban J connectivity index is 3.08. The molecule has 0 N–H and O–H groups in total. The molecule has 0 fully saturated rings. The van der Waals surface area contributed by atoms with Crippen LogP contribution in [0.3, 0.4) is 0 Å². The lowest BCUT2D eigenvalue weighted by Gasteiger charge is -2.14. The van der Waals surface area contributed by atoms with Gasteiger partial charge in [0.1, 0.15) is 0 Å². The molecule has 15 heavy (non-hydrogen) atoms. The second-order valence-electron chi connectivity index (χ2n) is 3.52. The van der Waals surface area contributed by atoms with E-state index >= 15 is 0 Å². The Kier molecular flexibility index (Phi) is 9.52. The van der Waals surface area contributed by atoms with Crippen molar-refractivity contribution in [2.45, 2.75) is 26.7 Å². The molecule has 4 heteroatoms. The zero-order valence-corrected chi connectivity index (χ0v) is 10.1. The molecule has 0 atom stereocenters. The van der Waals surface area contributed by atoms with Gasteiger partial charge in [-0.3, -0.25) is 4.79 Å². The summed E-state index contributed by atoms with van der Waals surface area (Å²) in [5.74, 6) is 0.0674. The van der Waals surface area contributed by atoms with Crippen LogP contribution in [0.15, 0.2) is 0 Å². The first kappa shape index (κ1) is 14.4. The third-order valence-corrected chi connectivity index (χ3v) is 2.12. The minimum atomic E-state index is 0.0674. The molecule has 0 heterocycles. The van der Waals surface area contributed by atoms with Crippen LogP contribution in [0.2, 0.25) is 0 Å². The summed E-state index contributed by atoms with van der Waals surface area (Å²) in [5.41, 5.74) is 0. The number of amides is 1. The van der Waals surface area contributed by atoms with Crippen molar-refractivity contribution < 1.29 is 14.3 Å². The van der Waals surface area contributed by atoms with Crippen molar-refractivity contribution in [3.05, 3.63) is 0 Å². The molecule has 0 spiro atoms. The van der Waals surface area contributed by atoms with Crippen LogP contribution in [-0.2, 0) is 14.3 Å². The fourth-order valence-electron chi connectivity index (χ4n) is 0.927. The van der Waals surface area contributed by atoms with Gasteiger partial charge in [0.05, 0.1) is 19.8 Å². The van der Waals surface area contributed by atoms with Crippen LogP contribution in [0.1, 0.15) is 26.7 Å². The quantitative estimate of drug-likeness (QED) is 0.546. The normalized spacial score (nSPS) is 10.3. The third-order valence-electron chi connectivity index (χ3n) is 2.12. The highest BCUT2D eigenvalue weighted by Crippen LogP contribution is 1.88. The number of nitrogens with zero attached hydrogens (tertiary/aromatic N) is 1. The maximum Gasteiger partial charge on any atom is 0.219 e. The molecular weight excluding hydrogens is 194 g/mol. The maximum absolute atomic E-state index is 10.8. The molecule has 0 rings (SSSR count). The monoisotopic (exact) mass is 217 g/mol. The molecule has 0 bridgehead atoms. The van der Waals surface area contributed by atoms with Gasteiger partial charge in [-0.25, -0.2) is 0 Å². The maximum atomic E-state index is 10.8. The summed E-state index contributed by atoms with van der Waals surface area (Å²) in [4.78, 5) is 12.5. The Morgan fingerprint density at radius 3 is 2.27 bits per heavy atom. The van der Waals surface area contributed by atoms with E-state index < -0.39 is 0 Å². The molecule has 1 amide bonds. The van der Waals surface area contributed by atoms with Gasteiger partial charge in [-0.15, -0.1) is 0 Å². The van der Waals surface area contributed by atoms with Crippen molar-refractivity contribution in [1.82, 2.24) is 4.90 Å². The van der Waals surface area contributed by atoms with Gasteiger partial charge in [-0.2, -0.15) is 0 Å². The summed E-state index contributed by atoms with van der Waals surface area (Å²) in [5, 5.41) is 0. The molecule has 0 unspecified atom stereocenters. The topological polar surface area (TPSA) is 38.8 Å². The molecule has 0 aromatic rings. The van der Waals surface area contributed by atoms with Crippen molar-refractivity contribution in [2.75, 3.05) is 40.0 Å². The summed E-state index contributed by atoms with van der Waals surface area (Å²) < 4.78 is 10.6. The number of rotatable bonds is 9. The molecule has 0 radical (unpaired) electrons. The lowest BCUT2D eigenvalue weighted by Crippen LogP contribution is -2.28. The lowest BCUT2D eigenvalue weighted by atomic mass is 10.4. The second-order valence-corrected chi connectivity index (χ2v) is 3.52. The second kappa shape index (κ2) is 9.93. The minimum Gasteiger partial charge on any atom is -0.379 e. The highest BCUT2D eigenvalue weighted by molar-refractivity contribution is 5.72. The van der Waals surface area contributed by atoms with Gasteiger partial charge in [0, 0.05) is 27.1 Å². The van der Waals surface area contributed by atoms with Crippen LogP contribution >= 0.6 is 0 Å². The van der Waals surface area contributed by atoms with E-state index in [0.717, 1.165) is 19.4 Å². The molecular formula is C11H23NO3. The van der Waals surface area contributed by atoms with Gasteiger partial charge < -0.3 is 14.4 Å². The van der Waals surface area contributed by atoms with Gasteiger partial charge in [0.2, 0.25) is 5.91 Å². The average molecular weight is 217 g/mol. The standard InChI is InChI=1S/C11H23NO3/c1-4-5-7-14-9-10-15-8-6-12(3)11(2)13/h4-10H2,1-3H3. The predicted molar refractivity (Wildman–Crippen MR) is 59.9 cm³/mol.